The summed E-state index contributed by atoms with van der Waals surface area (Å²) in [7, 11) is -5.09. The lowest BCUT2D eigenvalue weighted by atomic mass is 9.86. The van der Waals surface area contributed by atoms with E-state index < -0.39 is 25.9 Å². The van der Waals surface area contributed by atoms with Crippen LogP contribution in [0.1, 0.15) is 38.5 Å². The summed E-state index contributed by atoms with van der Waals surface area (Å²) in [6, 6.07) is 0. The highest BCUT2D eigenvalue weighted by Crippen LogP contribution is 2.52. The fourth-order valence-electron chi connectivity index (χ4n) is 2.20. The molecule has 0 bridgehead atoms. The maximum atomic E-state index is 12.5. The summed E-state index contributed by atoms with van der Waals surface area (Å²) in [6.45, 7) is 0. The quantitative estimate of drug-likeness (QED) is 0.767. The Balaban J connectivity index is 2.67. The van der Waals surface area contributed by atoms with Crippen molar-refractivity contribution >= 4 is 7.60 Å². The molecule has 1 fully saturated rings. The third kappa shape index (κ3) is 4.07. The predicted octanol–water partition coefficient (Wildman–Crippen LogP) is 3.07. The zero-order chi connectivity index (χ0) is 12.4. The first-order valence-corrected chi connectivity index (χ1v) is 7.01. The van der Waals surface area contributed by atoms with Crippen molar-refractivity contribution in [3.05, 3.63) is 0 Å². The van der Waals surface area contributed by atoms with Crippen LogP contribution < -0.4 is 0 Å². The molecule has 1 aliphatic rings. The fourth-order valence-corrected chi connectivity index (χ4v) is 3.15. The molecular formula is C9H16F3O3P. The van der Waals surface area contributed by atoms with Crippen molar-refractivity contribution in [2.45, 2.75) is 50.4 Å². The van der Waals surface area contributed by atoms with Gasteiger partial charge in [-0.05, 0) is 12.3 Å². The van der Waals surface area contributed by atoms with Crippen LogP contribution in [0, 0.1) is 5.92 Å². The summed E-state index contributed by atoms with van der Waals surface area (Å²) in [5.74, 6) is -0.201. The SMILES string of the molecule is O=P(O)(O)C(CC1CCCCC1)C(F)(F)F. The smallest absolute Gasteiger partial charge is 0.324 e. The molecule has 1 rings (SSSR count). The molecule has 0 radical (unpaired) electrons. The average Bonchev–Trinajstić information content (AvgIpc) is 2.12. The molecule has 1 aliphatic carbocycles. The Hall–Kier alpha value is -0.0600. The molecule has 3 nitrogen and oxygen atoms in total. The van der Waals surface area contributed by atoms with Crippen molar-refractivity contribution in [1.29, 1.82) is 0 Å². The largest absolute Gasteiger partial charge is 0.403 e. The van der Waals surface area contributed by atoms with Gasteiger partial charge in [0.2, 0.25) is 0 Å². The molecule has 96 valence electrons. The summed E-state index contributed by atoms with van der Waals surface area (Å²) in [4.78, 5) is 17.5. The second kappa shape index (κ2) is 5.07. The lowest BCUT2D eigenvalue weighted by molar-refractivity contribution is -0.137. The van der Waals surface area contributed by atoms with Crippen LogP contribution in [0.15, 0.2) is 0 Å². The molecule has 0 aromatic rings. The van der Waals surface area contributed by atoms with Crippen molar-refractivity contribution in [3.8, 4) is 0 Å². The van der Waals surface area contributed by atoms with Crippen LogP contribution in [0.4, 0.5) is 13.2 Å². The summed E-state index contributed by atoms with van der Waals surface area (Å²) in [5.41, 5.74) is -2.48. The molecule has 1 atom stereocenters. The first kappa shape index (κ1) is 14.0. The van der Waals surface area contributed by atoms with E-state index in [-0.39, 0.29) is 5.92 Å². The highest BCUT2D eigenvalue weighted by molar-refractivity contribution is 7.52. The van der Waals surface area contributed by atoms with Crippen molar-refractivity contribution in [2.75, 3.05) is 0 Å². The Bertz CT molecular complexity index is 268. The first-order chi connectivity index (χ1) is 7.21. The number of hydrogen-bond donors (Lipinski definition) is 2. The Morgan fingerprint density at radius 2 is 1.69 bits per heavy atom. The van der Waals surface area contributed by atoms with Crippen LogP contribution in [-0.2, 0) is 4.57 Å². The van der Waals surface area contributed by atoms with Gasteiger partial charge < -0.3 is 9.79 Å². The molecule has 7 heteroatoms. The van der Waals surface area contributed by atoms with Gasteiger partial charge in [-0.1, -0.05) is 32.1 Å². The fraction of sp³-hybridized carbons (Fsp3) is 1.00. The summed E-state index contributed by atoms with van der Waals surface area (Å²) >= 11 is 0. The molecule has 16 heavy (non-hydrogen) atoms. The van der Waals surface area contributed by atoms with E-state index in [1.165, 1.54) is 0 Å². The van der Waals surface area contributed by atoms with E-state index in [2.05, 4.69) is 0 Å². The number of rotatable bonds is 3. The third-order valence-electron chi connectivity index (χ3n) is 3.07. The van der Waals surface area contributed by atoms with E-state index in [0.29, 0.717) is 12.8 Å². The minimum Gasteiger partial charge on any atom is -0.324 e. The van der Waals surface area contributed by atoms with Crippen LogP contribution in [0.2, 0.25) is 0 Å². The highest BCUT2D eigenvalue weighted by Gasteiger charge is 2.51. The molecule has 2 N–H and O–H groups in total. The van der Waals surface area contributed by atoms with E-state index in [4.69, 9.17) is 9.79 Å². The molecule has 1 saturated carbocycles. The normalized spacial score (nSPS) is 22.1. The van der Waals surface area contributed by atoms with Crippen LogP contribution in [0.25, 0.3) is 0 Å². The van der Waals surface area contributed by atoms with Gasteiger partial charge in [0.25, 0.3) is 0 Å². The van der Waals surface area contributed by atoms with Crippen molar-refractivity contribution < 1.29 is 27.5 Å². The zero-order valence-corrected chi connectivity index (χ0v) is 9.68. The minimum absolute atomic E-state index is 0.201. The first-order valence-electron chi connectivity index (χ1n) is 5.33. The van der Waals surface area contributed by atoms with Gasteiger partial charge in [-0.25, -0.2) is 0 Å². The van der Waals surface area contributed by atoms with Gasteiger partial charge in [0.15, 0.2) is 5.66 Å². The van der Waals surface area contributed by atoms with Crippen LogP contribution in [0.3, 0.4) is 0 Å². The van der Waals surface area contributed by atoms with Gasteiger partial charge in [0.05, 0.1) is 0 Å². The van der Waals surface area contributed by atoms with Gasteiger partial charge in [0.1, 0.15) is 0 Å². The Kier molecular flexibility index (Phi) is 4.43. The topological polar surface area (TPSA) is 57.5 Å². The molecule has 0 aromatic heterocycles. The minimum atomic E-state index is -5.09. The monoisotopic (exact) mass is 260 g/mol. The van der Waals surface area contributed by atoms with Gasteiger partial charge in [-0.3, -0.25) is 4.57 Å². The maximum absolute atomic E-state index is 12.5. The van der Waals surface area contributed by atoms with Gasteiger partial charge in [-0.15, -0.1) is 0 Å². The standard InChI is InChI=1S/C9H16F3O3P/c10-9(11,12)8(16(13,14)15)6-7-4-2-1-3-5-7/h7-8H,1-6H2,(H2,13,14,15). The molecule has 0 amide bonds. The van der Waals surface area contributed by atoms with E-state index in [1.54, 1.807) is 0 Å². The third-order valence-corrected chi connectivity index (χ3v) is 4.38. The van der Waals surface area contributed by atoms with Gasteiger partial charge in [-0.2, -0.15) is 13.2 Å². The Morgan fingerprint density at radius 1 is 1.19 bits per heavy atom. The average molecular weight is 260 g/mol. The van der Waals surface area contributed by atoms with Crippen molar-refractivity contribution in [3.63, 3.8) is 0 Å². The summed E-state index contributed by atoms with van der Waals surface area (Å²) < 4.78 is 48.3. The van der Waals surface area contributed by atoms with E-state index in [0.717, 1.165) is 19.3 Å². The van der Waals surface area contributed by atoms with Crippen LogP contribution in [0.5, 0.6) is 0 Å². The van der Waals surface area contributed by atoms with E-state index in [1.807, 2.05) is 0 Å². The molecule has 0 heterocycles. The molecule has 0 saturated heterocycles. The highest BCUT2D eigenvalue weighted by atomic mass is 31.2. The predicted molar refractivity (Wildman–Crippen MR) is 53.1 cm³/mol. The van der Waals surface area contributed by atoms with E-state index >= 15 is 0 Å². The van der Waals surface area contributed by atoms with Gasteiger partial charge >= 0.3 is 13.8 Å². The van der Waals surface area contributed by atoms with Crippen LogP contribution in [-0.4, -0.2) is 21.6 Å². The molecule has 0 aromatic carbocycles. The maximum Gasteiger partial charge on any atom is 0.403 e. The zero-order valence-electron chi connectivity index (χ0n) is 8.78. The van der Waals surface area contributed by atoms with Gasteiger partial charge in [0, 0.05) is 0 Å². The summed E-state index contributed by atoms with van der Waals surface area (Å²) in [6.07, 6.45) is -1.24. The number of halogens is 3. The molecule has 0 aliphatic heterocycles. The van der Waals surface area contributed by atoms with Crippen molar-refractivity contribution in [1.82, 2.24) is 0 Å². The molecule has 1 unspecified atom stereocenters. The second-order valence-electron chi connectivity index (χ2n) is 4.39. The molecule has 0 spiro atoms. The second-order valence-corrected chi connectivity index (χ2v) is 6.19. The van der Waals surface area contributed by atoms with Crippen molar-refractivity contribution in [2.24, 2.45) is 5.92 Å². The number of alkyl halides is 3. The van der Waals surface area contributed by atoms with Crippen LogP contribution >= 0.6 is 7.60 Å². The number of hydrogen-bond acceptors (Lipinski definition) is 1. The summed E-state index contributed by atoms with van der Waals surface area (Å²) in [5, 5.41) is 0. The molecular weight excluding hydrogens is 244 g/mol. The lowest BCUT2D eigenvalue weighted by Gasteiger charge is -2.28. The lowest BCUT2D eigenvalue weighted by Crippen LogP contribution is -2.31. The van der Waals surface area contributed by atoms with E-state index in [9.17, 15) is 17.7 Å². The Morgan fingerprint density at radius 3 is 2.06 bits per heavy atom. The Labute approximate surface area is 92.2 Å².